The van der Waals surface area contributed by atoms with Gasteiger partial charge in [0.2, 0.25) is 11.9 Å². The number of rotatable bonds is 11. The van der Waals surface area contributed by atoms with E-state index in [1.807, 2.05) is 90.8 Å². The normalized spacial score (nSPS) is 10.4. The van der Waals surface area contributed by atoms with E-state index in [2.05, 4.69) is 76.4 Å². The summed E-state index contributed by atoms with van der Waals surface area (Å²) in [6.45, 7) is 4.11. The quantitative estimate of drug-likeness (QED) is 0.0835. The van der Waals surface area contributed by atoms with Gasteiger partial charge in [-0.3, -0.25) is 20.6 Å². The first-order valence-electron chi connectivity index (χ1n) is 19.2. The Labute approximate surface area is 356 Å². The maximum atomic E-state index is 12.4. The van der Waals surface area contributed by atoms with Gasteiger partial charge in [-0.2, -0.15) is 19.9 Å². The lowest BCUT2D eigenvalue weighted by atomic mass is 10.2. The summed E-state index contributed by atoms with van der Waals surface area (Å²) in [7, 11) is 1.93. The van der Waals surface area contributed by atoms with Crippen molar-refractivity contribution in [1.82, 2.24) is 49.8 Å². The van der Waals surface area contributed by atoms with E-state index in [9.17, 15) is 9.59 Å². The number of anilines is 7. The highest BCUT2D eigenvalue weighted by molar-refractivity contribution is 5.99. The maximum absolute atomic E-state index is 12.4. The highest BCUT2D eigenvalue weighted by Crippen LogP contribution is 2.22. The number of benzene rings is 2. The molecule has 18 nitrogen and oxygen atoms in total. The molecule has 0 radical (unpaired) electrons. The predicted molar refractivity (Wildman–Crippen MR) is 238 cm³/mol. The van der Waals surface area contributed by atoms with Crippen LogP contribution < -0.4 is 31.5 Å². The van der Waals surface area contributed by atoms with Crippen molar-refractivity contribution in [3.8, 4) is 23.0 Å². The molecule has 0 fully saturated rings. The molecule has 62 heavy (non-hydrogen) atoms. The first-order valence-corrected chi connectivity index (χ1v) is 19.2. The Morgan fingerprint density at radius 3 is 1.52 bits per heavy atom. The van der Waals surface area contributed by atoms with Crippen LogP contribution in [-0.2, 0) is 6.54 Å². The lowest BCUT2D eigenvalue weighted by molar-refractivity contribution is 0.261. The second kappa shape index (κ2) is 20.3. The van der Waals surface area contributed by atoms with Gasteiger partial charge in [0.05, 0.1) is 23.8 Å². The van der Waals surface area contributed by atoms with Crippen molar-refractivity contribution >= 4 is 52.7 Å². The van der Waals surface area contributed by atoms with Gasteiger partial charge in [-0.1, -0.05) is 60.7 Å². The third-order valence-electron chi connectivity index (χ3n) is 8.56. The van der Waals surface area contributed by atoms with Crippen molar-refractivity contribution in [2.75, 3.05) is 38.5 Å². The second-order valence-corrected chi connectivity index (χ2v) is 13.2. The van der Waals surface area contributed by atoms with Crippen molar-refractivity contribution in [3.05, 3.63) is 163 Å². The molecular formula is C44H40N16O2. The predicted octanol–water partition coefficient (Wildman–Crippen LogP) is 7.94. The fraction of sp³-hybridized carbons (Fsp3) is 0.0909. The van der Waals surface area contributed by atoms with Crippen LogP contribution in [0.4, 0.5) is 50.2 Å². The number of aromatic nitrogens is 10. The van der Waals surface area contributed by atoms with E-state index in [4.69, 9.17) is 0 Å². The van der Waals surface area contributed by atoms with E-state index in [0.29, 0.717) is 58.4 Å². The van der Waals surface area contributed by atoms with E-state index in [1.54, 1.807) is 81.1 Å². The molecule has 0 bridgehead atoms. The van der Waals surface area contributed by atoms with Crippen molar-refractivity contribution in [3.63, 3.8) is 0 Å². The summed E-state index contributed by atoms with van der Waals surface area (Å²) in [4.78, 5) is 69.3. The number of pyridine rings is 4. The Kier molecular flexibility index (Phi) is 13.5. The highest BCUT2D eigenvalue weighted by atomic mass is 16.2. The van der Waals surface area contributed by atoms with Crippen LogP contribution in [0, 0.1) is 13.8 Å². The summed E-state index contributed by atoms with van der Waals surface area (Å²) in [5.41, 5.74) is 4.45. The molecule has 0 spiro atoms. The Morgan fingerprint density at radius 2 is 1.03 bits per heavy atom. The molecule has 6 heterocycles. The summed E-state index contributed by atoms with van der Waals surface area (Å²) < 4.78 is 0. The molecular weight excluding hydrogens is 785 g/mol. The molecule has 4 amide bonds. The summed E-state index contributed by atoms with van der Waals surface area (Å²) in [6.07, 6.45) is 6.47. The molecule has 18 heteroatoms. The Balaban J connectivity index is 0.000000186. The van der Waals surface area contributed by atoms with Gasteiger partial charge in [0.15, 0.2) is 11.6 Å². The minimum absolute atomic E-state index is 0.138. The number of hydrogen-bond acceptors (Lipinski definition) is 14. The lowest BCUT2D eigenvalue weighted by Gasteiger charge is -2.18. The van der Waals surface area contributed by atoms with Crippen molar-refractivity contribution in [1.29, 1.82) is 0 Å². The SMILES string of the molecule is Cc1nc(NC(=O)Nc2ccc(N(C)c3ccccc3)nc2)nc(-c2ccccn2)n1.Cc1nc(NC(=O)Nc2ccc(NCc3ccccc3)nc2)nc(-c2ccccn2)n1. The van der Waals surface area contributed by atoms with Crippen LogP contribution in [0.3, 0.4) is 0 Å². The number of amides is 4. The molecule has 0 aliphatic carbocycles. The van der Waals surface area contributed by atoms with Crippen LogP contribution in [0.2, 0.25) is 0 Å². The molecule has 0 aliphatic heterocycles. The van der Waals surface area contributed by atoms with Gasteiger partial charge >= 0.3 is 12.1 Å². The van der Waals surface area contributed by atoms with Gasteiger partial charge in [-0.25, -0.2) is 29.5 Å². The molecule has 6 aromatic heterocycles. The molecule has 0 unspecified atom stereocenters. The van der Waals surface area contributed by atoms with Gasteiger partial charge < -0.3 is 20.9 Å². The Morgan fingerprint density at radius 1 is 0.516 bits per heavy atom. The third kappa shape index (κ3) is 11.9. The number of hydrogen-bond donors (Lipinski definition) is 5. The van der Waals surface area contributed by atoms with Crippen LogP contribution in [0.15, 0.2) is 146 Å². The van der Waals surface area contributed by atoms with Crippen LogP contribution in [0.5, 0.6) is 0 Å². The number of carbonyl (C=O) groups excluding carboxylic acids is 2. The fourth-order valence-corrected chi connectivity index (χ4v) is 5.63. The zero-order chi connectivity index (χ0) is 43.1. The first kappa shape index (κ1) is 41.4. The maximum Gasteiger partial charge on any atom is 0.326 e. The summed E-state index contributed by atoms with van der Waals surface area (Å²) in [6, 6.07) is 37.0. The van der Waals surface area contributed by atoms with Gasteiger partial charge in [0.25, 0.3) is 0 Å². The average molecular weight is 825 g/mol. The molecule has 0 saturated carbocycles. The summed E-state index contributed by atoms with van der Waals surface area (Å²) >= 11 is 0. The van der Waals surface area contributed by atoms with Crippen LogP contribution in [0.25, 0.3) is 23.0 Å². The van der Waals surface area contributed by atoms with E-state index >= 15 is 0 Å². The van der Waals surface area contributed by atoms with Gasteiger partial charge in [-0.05, 0) is 80.1 Å². The first-order chi connectivity index (χ1) is 30.2. The molecule has 0 atom stereocenters. The molecule has 0 aliphatic rings. The van der Waals surface area contributed by atoms with Crippen molar-refractivity contribution in [2.45, 2.75) is 20.4 Å². The van der Waals surface area contributed by atoms with E-state index in [1.165, 1.54) is 0 Å². The van der Waals surface area contributed by atoms with Crippen molar-refractivity contribution < 1.29 is 9.59 Å². The largest absolute Gasteiger partial charge is 0.366 e. The van der Waals surface area contributed by atoms with Crippen molar-refractivity contribution in [2.24, 2.45) is 0 Å². The minimum atomic E-state index is -0.483. The van der Waals surface area contributed by atoms with E-state index in [-0.39, 0.29) is 11.9 Å². The molecule has 308 valence electrons. The van der Waals surface area contributed by atoms with Gasteiger partial charge in [-0.15, -0.1) is 0 Å². The molecule has 5 N–H and O–H groups in total. The lowest BCUT2D eigenvalue weighted by Crippen LogP contribution is -2.22. The topological polar surface area (TPSA) is 226 Å². The standard InChI is InChI=1S/2C22H20N8O/c1-15-25-20(18-10-6-7-13-23-18)28-21(26-15)29-22(31)27-16-11-12-19(24-14-16)30(2)17-8-4-3-5-9-17;1-15-26-20(18-9-5-6-12-23-18)29-21(27-15)30-22(31)28-17-10-11-19(25-14-17)24-13-16-7-3-2-4-8-16/h3-14H,1-2H3,(H2,25,26,27,28,29,31);2-12,14H,13H2,1H3,(H,24,25)(H2,26,27,28,29,30,31). The van der Waals surface area contributed by atoms with Gasteiger partial charge in [0, 0.05) is 31.7 Å². The van der Waals surface area contributed by atoms with Crippen LogP contribution in [0.1, 0.15) is 17.2 Å². The summed E-state index contributed by atoms with van der Waals surface area (Å²) in [5, 5.41) is 13.9. The number of nitrogens with one attached hydrogen (secondary N) is 5. The second-order valence-electron chi connectivity index (χ2n) is 13.2. The molecule has 8 rings (SSSR count). The van der Waals surface area contributed by atoms with Gasteiger partial charge in [0.1, 0.15) is 34.7 Å². The van der Waals surface area contributed by atoms with E-state index < -0.39 is 12.1 Å². The minimum Gasteiger partial charge on any atom is -0.366 e. The summed E-state index contributed by atoms with van der Waals surface area (Å²) in [5.74, 6) is 3.46. The smallest absolute Gasteiger partial charge is 0.326 e. The van der Waals surface area contributed by atoms with E-state index in [0.717, 1.165) is 17.1 Å². The zero-order valence-corrected chi connectivity index (χ0v) is 33.8. The number of urea groups is 2. The molecule has 2 aromatic carbocycles. The molecule has 8 aromatic rings. The average Bonchev–Trinajstić information content (AvgIpc) is 3.30. The Hall–Kier alpha value is -8.80. The Bertz CT molecular complexity index is 2700. The van der Waals surface area contributed by atoms with Crippen LogP contribution >= 0.6 is 0 Å². The number of para-hydroxylation sites is 1. The fourth-order valence-electron chi connectivity index (χ4n) is 5.63. The number of carbonyl (C=O) groups is 2. The third-order valence-corrected chi connectivity index (χ3v) is 8.56. The number of aryl methyl sites for hydroxylation is 2. The highest BCUT2D eigenvalue weighted by Gasteiger charge is 2.13. The van der Waals surface area contributed by atoms with Crippen LogP contribution in [-0.4, -0.2) is 68.9 Å². The zero-order valence-electron chi connectivity index (χ0n) is 33.8. The monoisotopic (exact) mass is 824 g/mol. The number of nitrogens with zero attached hydrogens (tertiary/aromatic N) is 11. The molecule has 0 saturated heterocycles.